The highest BCUT2D eigenvalue weighted by Gasteiger charge is 2.11. The van der Waals surface area contributed by atoms with Gasteiger partial charge in [0.25, 0.3) is 0 Å². The Labute approximate surface area is 93.9 Å². The smallest absolute Gasteiger partial charge is 0.321 e. The quantitative estimate of drug-likeness (QED) is 0.802. The van der Waals surface area contributed by atoms with Crippen LogP contribution in [0.3, 0.4) is 0 Å². The lowest BCUT2D eigenvalue weighted by Gasteiger charge is -2.07. The van der Waals surface area contributed by atoms with Crippen molar-refractivity contribution >= 4 is 15.8 Å². The van der Waals surface area contributed by atoms with Crippen LogP contribution in [0.25, 0.3) is 0 Å². The van der Waals surface area contributed by atoms with Gasteiger partial charge in [-0.2, -0.15) is 9.97 Å². The summed E-state index contributed by atoms with van der Waals surface area (Å²) >= 11 is 0. The number of nitrogens with one attached hydrogen (secondary N) is 1. The van der Waals surface area contributed by atoms with Gasteiger partial charge in [-0.15, -0.1) is 0 Å². The van der Waals surface area contributed by atoms with Crippen LogP contribution in [0.4, 0.5) is 5.82 Å². The number of nitrogens with zero attached hydrogens (tertiary/aromatic N) is 2. The highest BCUT2D eigenvalue weighted by molar-refractivity contribution is 7.92. The van der Waals surface area contributed by atoms with E-state index in [0.29, 0.717) is 0 Å². The standard InChI is InChI=1S/C8H13N3O4S/c1-4-16(12,13)11-6-5-7(14-2)10-8(9-6)15-3/h5H,4H2,1-3H3,(H,9,10,11). The van der Waals surface area contributed by atoms with Gasteiger partial charge in [0.05, 0.1) is 20.0 Å². The number of hydrogen-bond acceptors (Lipinski definition) is 6. The van der Waals surface area contributed by atoms with Crippen LogP contribution >= 0.6 is 0 Å². The first-order valence-corrected chi connectivity index (χ1v) is 6.13. The van der Waals surface area contributed by atoms with E-state index in [4.69, 9.17) is 9.47 Å². The Morgan fingerprint density at radius 2 is 2.00 bits per heavy atom. The molecule has 0 saturated carbocycles. The number of anilines is 1. The largest absolute Gasteiger partial charge is 0.481 e. The van der Waals surface area contributed by atoms with E-state index in [1.165, 1.54) is 27.2 Å². The summed E-state index contributed by atoms with van der Waals surface area (Å²) in [7, 11) is -0.576. The number of sulfonamides is 1. The lowest BCUT2D eigenvalue weighted by molar-refractivity contribution is 0.353. The lowest BCUT2D eigenvalue weighted by Crippen LogP contribution is -2.16. The van der Waals surface area contributed by atoms with Crippen molar-refractivity contribution in [3.63, 3.8) is 0 Å². The van der Waals surface area contributed by atoms with E-state index in [0.717, 1.165) is 0 Å². The summed E-state index contributed by atoms with van der Waals surface area (Å²) in [6.07, 6.45) is 0. The van der Waals surface area contributed by atoms with Gasteiger partial charge in [-0.3, -0.25) is 4.72 Å². The second-order valence-corrected chi connectivity index (χ2v) is 4.80. The van der Waals surface area contributed by atoms with Gasteiger partial charge in [-0.05, 0) is 6.92 Å². The normalized spacial score (nSPS) is 10.9. The van der Waals surface area contributed by atoms with Gasteiger partial charge in [-0.25, -0.2) is 8.42 Å². The van der Waals surface area contributed by atoms with Gasteiger partial charge in [0, 0.05) is 6.07 Å². The maximum Gasteiger partial charge on any atom is 0.321 e. The van der Waals surface area contributed by atoms with Crippen LogP contribution in [-0.2, 0) is 10.0 Å². The molecule has 1 aromatic heterocycles. The molecule has 16 heavy (non-hydrogen) atoms. The molecule has 0 atom stereocenters. The van der Waals surface area contributed by atoms with Crippen molar-refractivity contribution in [2.24, 2.45) is 0 Å². The zero-order valence-electron chi connectivity index (χ0n) is 9.22. The first-order valence-electron chi connectivity index (χ1n) is 4.48. The molecule has 0 spiro atoms. The minimum absolute atomic E-state index is 0.0353. The van der Waals surface area contributed by atoms with Crippen LogP contribution in [0.1, 0.15) is 6.92 Å². The maximum atomic E-state index is 11.3. The SMILES string of the molecule is CCS(=O)(=O)Nc1cc(OC)nc(OC)n1. The number of methoxy groups -OCH3 is 2. The summed E-state index contributed by atoms with van der Waals surface area (Å²) in [6.45, 7) is 1.53. The molecule has 0 aliphatic heterocycles. The van der Waals surface area contributed by atoms with Crippen LogP contribution in [0.5, 0.6) is 11.9 Å². The summed E-state index contributed by atoms with van der Waals surface area (Å²) in [4.78, 5) is 7.67. The Kier molecular flexibility index (Phi) is 3.88. The molecule has 1 rings (SSSR count). The average molecular weight is 247 g/mol. The summed E-state index contributed by atoms with van der Waals surface area (Å²) < 4.78 is 34.6. The van der Waals surface area contributed by atoms with Crippen LogP contribution in [0, 0.1) is 0 Å². The lowest BCUT2D eigenvalue weighted by atomic mass is 10.6. The van der Waals surface area contributed by atoms with Crippen molar-refractivity contribution < 1.29 is 17.9 Å². The Bertz CT molecular complexity index is 438. The average Bonchev–Trinajstić information content (AvgIpc) is 2.28. The zero-order valence-corrected chi connectivity index (χ0v) is 10.0. The number of aromatic nitrogens is 2. The fourth-order valence-electron chi connectivity index (χ4n) is 0.883. The maximum absolute atomic E-state index is 11.3. The first kappa shape index (κ1) is 12.5. The molecule has 0 saturated heterocycles. The first-order chi connectivity index (χ1) is 7.50. The number of ether oxygens (including phenoxy) is 2. The van der Waals surface area contributed by atoms with Gasteiger partial charge in [0.2, 0.25) is 15.9 Å². The second-order valence-electron chi connectivity index (χ2n) is 2.79. The molecule has 0 bridgehead atoms. The van der Waals surface area contributed by atoms with E-state index in [1.54, 1.807) is 0 Å². The summed E-state index contributed by atoms with van der Waals surface area (Å²) in [6, 6.07) is 1.41. The highest BCUT2D eigenvalue weighted by atomic mass is 32.2. The topological polar surface area (TPSA) is 90.4 Å². The molecule has 7 nitrogen and oxygen atoms in total. The van der Waals surface area contributed by atoms with Crippen LogP contribution in [0.2, 0.25) is 0 Å². The van der Waals surface area contributed by atoms with E-state index in [2.05, 4.69) is 14.7 Å². The molecule has 0 aliphatic rings. The number of rotatable bonds is 5. The van der Waals surface area contributed by atoms with Gasteiger partial charge in [-0.1, -0.05) is 0 Å². The number of hydrogen-bond donors (Lipinski definition) is 1. The van der Waals surface area contributed by atoms with Crippen molar-refractivity contribution in [3.05, 3.63) is 6.07 Å². The third kappa shape index (κ3) is 3.23. The molecule has 0 aliphatic carbocycles. The molecule has 0 aromatic carbocycles. The zero-order chi connectivity index (χ0) is 12.2. The van der Waals surface area contributed by atoms with E-state index >= 15 is 0 Å². The minimum atomic E-state index is -3.37. The third-order valence-electron chi connectivity index (χ3n) is 1.71. The van der Waals surface area contributed by atoms with Crippen molar-refractivity contribution in [1.29, 1.82) is 0 Å². The van der Waals surface area contributed by atoms with Crippen molar-refractivity contribution in [3.8, 4) is 11.9 Å². The Hall–Kier alpha value is -1.57. The fraction of sp³-hybridized carbons (Fsp3) is 0.500. The molecule has 90 valence electrons. The van der Waals surface area contributed by atoms with E-state index in [9.17, 15) is 8.42 Å². The van der Waals surface area contributed by atoms with Crippen LogP contribution in [0.15, 0.2) is 6.07 Å². The van der Waals surface area contributed by atoms with Gasteiger partial charge < -0.3 is 9.47 Å². The van der Waals surface area contributed by atoms with E-state index in [1.807, 2.05) is 0 Å². The second kappa shape index (κ2) is 4.97. The summed E-state index contributed by atoms with van der Waals surface area (Å²) in [5, 5.41) is 0. The molecule has 0 unspecified atom stereocenters. The van der Waals surface area contributed by atoms with E-state index in [-0.39, 0.29) is 23.5 Å². The molecule has 1 N–H and O–H groups in total. The van der Waals surface area contributed by atoms with Crippen LogP contribution < -0.4 is 14.2 Å². The van der Waals surface area contributed by atoms with E-state index < -0.39 is 10.0 Å². The fourth-order valence-corrected chi connectivity index (χ4v) is 1.45. The molecule has 0 amide bonds. The van der Waals surface area contributed by atoms with Gasteiger partial charge >= 0.3 is 6.01 Å². The summed E-state index contributed by atoms with van der Waals surface area (Å²) in [5.41, 5.74) is 0. The molecular formula is C8H13N3O4S. The van der Waals surface area contributed by atoms with Gasteiger partial charge in [0.15, 0.2) is 5.82 Å². The monoisotopic (exact) mass is 247 g/mol. The summed E-state index contributed by atoms with van der Waals surface area (Å²) in [5.74, 6) is 0.299. The molecule has 8 heteroatoms. The molecule has 1 heterocycles. The predicted molar refractivity (Wildman–Crippen MR) is 58.2 cm³/mol. The molecule has 1 aromatic rings. The van der Waals surface area contributed by atoms with Crippen molar-refractivity contribution in [2.45, 2.75) is 6.92 Å². The Morgan fingerprint density at radius 3 is 2.50 bits per heavy atom. The Balaban J connectivity index is 3.04. The van der Waals surface area contributed by atoms with Gasteiger partial charge in [0.1, 0.15) is 0 Å². The van der Waals surface area contributed by atoms with Crippen molar-refractivity contribution in [2.75, 3.05) is 24.7 Å². The minimum Gasteiger partial charge on any atom is -0.481 e. The highest BCUT2D eigenvalue weighted by Crippen LogP contribution is 2.17. The predicted octanol–water partition coefficient (Wildman–Crippen LogP) is 0.255. The Morgan fingerprint density at radius 1 is 1.31 bits per heavy atom. The third-order valence-corrected chi connectivity index (χ3v) is 2.99. The van der Waals surface area contributed by atoms with Crippen LogP contribution in [-0.4, -0.2) is 38.4 Å². The van der Waals surface area contributed by atoms with Crippen molar-refractivity contribution in [1.82, 2.24) is 9.97 Å². The molecule has 0 fully saturated rings. The molecule has 0 radical (unpaired) electrons. The molecular weight excluding hydrogens is 234 g/mol.